The molecule has 0 unspecified atom stereocenters. The monoisotopic (exact) mass is 492 g/mol. The van der Waals surface area contributed by atoms with E-state index in [1.54, 1.807) is 37.4 Å². The number of amides is 1. The van der Waals surface area contributed by atoms with Crippen LogP contribution in [0.3, 0.4) is 0 Å². The van der Waals surface area contributed by atoms with Crippen molar-refractivity contribution in [1.29, 1.82) is 0 Å². The first-order chi connectivity index (χ1) is 16.5. The van der Waals surface area contributed by atoms with E-state index in [0.717, 1.165) is 11.1 Å². The van der Waals surface area contributed by atoms with Crippen molar-refractivity contribution < 1.29 is 19.1 Å². The SMILES string of the molecule is COC(=O)c1ccc(N=C2S/C(=C\c3ccccc3OCc3ccccc3Cl)C(=O)N2C)cc1. The van der Waals surface area contributed by atoms with Crippen molar-refractivity contribution in [3.05, 3.63) is 99.4 Å². The number of methoxy groups -OCH3 is 1. The predicted octanol–water partition coefficient (Wildman–Crippen LogP) is 5.94. The molecule has 0 saturated carbocycles. The summed E-state index contributed by atoms with van der Waals surface area (Å²) in [6, 6.07) is 21.7. The fourth-order valence-corrected chi connectivity index (χ4v) is 4.36. The average molecular weight is 493 g/mol. The van der Waals surface area contributed by atoms with Crippen LogP contribution in [0.5, 0.6) is 5.75 Å². The summed E-state index contributed by atoms with van der Waals surface area (Å²) >= 11 is 7.51. The summed E-state index contributed by atoms with van der Waals surface area (Å²) in [4.78, 5) is 31.1. The van der Waals surface area contributed by atoms with E-state index in [2.05, 4.69) is 4.99 Å². The second-order valence-electron chi connectivity index (χ2n) is 7.33. The Morgan fingerprint density at radius 2 is 1.76 bits per heavy atom. The molecule has 0 atom stereocenters. The van der Waals surface area contributed by atoms with Gasteiger partial charge in [0.2, 0.25) is 0 Å². The van der Waals surface area contributed by atoms with Gasteiger partial charge in [0.25, 0.3) is 5.91 Å². The Morgan fingerprint density at radius 3 is 2.50 bits per heavy atom. The number of hydrogen-bond donors (Lipinski definition) is 0. The van der Waals surface area contributed by atoms with Gasteiger partial charge in [0.1, 0.15) is 12.4 Å². The van der Waals surface area contributed by atoms with Crippen molar-refractivity contribution >= 4 is 52.2 Å². The summed E-state index contributed by atoms with van der Waals surface area (Å²) in [6.45, 7) is 0.315. The second kappa shape index (κ2) is 10.6. The van der Waals surface area contributed by atoms with Gasteiger partial charge in [0.05, 0.1) is 23.3 Å². The molecule has 0 N–H and O–H groups in total. The molecular formula is C26H21ClN2O4S. The maximum absolute atomic E-state index is 12.9. The maximum atomic E-state index is 12.9. The lowest BCUT2D eigenvalue weighted by Gasteiger charge is -2.10. The number of aliphatic imine (C=N–C) groups is 1. The van der Waals surface area contributed by atoms with E-state index in [4.69, 9.17) is 21.1 Å². The van der Waals surface area contributed by atoms with Gasteiger partial charge in [-0.2, -0.15) is 0 Å². The summed E-state index contributed by atoms with van der Waals surface area (Å²) in [5, 5.41) is 1.18. The van der Waals surface area contributed by atoms with E-state index in [9.17, 15) is 9.59 Å². The number of carbonyl (C=O) groups excluding carboxylic acids is 2. The van der Waals surface area contributed by atoms with Crippen LogP contribution in [0.15, 0.2) is 82.7 Å². The molecule has 6 nitrogen and oxygen atoms in total. The van der Waals surface area contributed by atoms with Crippen LogP contribution in [0.4, 0.5) is 5.69 Å². The molecule has 4 rings (SSSR count). The molecule has 1 heterocycles. The van der Waals surface area contributed by atoms with E-state index >= 15 is 0 Å². The van der Waals surface area contributed by atoms with Gasteiger partial charge in [-0.05, 0) is 54.2 Å². The Morgan fingerprint density at radius 1 is 1.06 bits per heavy atom. The molecular weight excluding hydrogens is 472 g/mol. The van der Waals surface area contributed by atoms with Gasteiger partial charge >= 0.3 is 5.97 Å². The molecule has 0 aliphatic carbocycles. The van der Waals surface area contributed by atoms with Gasteiger partial charge < -0.3 is 9.47 Å². The third-order valence-corrected chi connectivity index (χ3v) is 6.49. The van der Waals surface area contributed by atoms with Crippen LogP contribution in [0, 0.1) is 0 Å². The van der Waals surface area contributed by atoms with Gasteiger partial charge in [-0.3, -0.25) is 9.69 Å². The molecule has 8 heteroatoms. The van der Waals surface area contributed by atoms with Gasteiger partial charge in [-0.15, -0.1) is 0 Å². The van der Waals surface area contributed by atoms with Crippen molar-refractivity contribution in [2.24, 2.45) is 4.99 Å². The maximum Gasteiger partial charge on any atom is 0.337 e. The first kappa shape index (κ1) is 23.6. The largest absolute Gasteiger partial charge is 0.488 e. The molecule has 1 aliphatic heterocycles. The summed E-state index contributed by atoms with van der Waals surface area (Å²) in [6.07, 6.45) is 1.80. The van der Waals surface area contributed by atoms with Gasteiger partial charge in [0.15, 0.2) is 5.17 Å². The van der Waals surface area contributed by atoms with Crippen molar-refractivity contribution in [1.82, 2.24) is 4.90 Å². The molecule has 0 radical (unpaired) electrons. The van der Waals surface area contributed by atoms with E-state index in [1.165, 1.54) is 23.8 Å². The number of ether oxygens (including phenoxy) is 2. The number of nitrogens with zero attached hydrogens (tertiary/aromatic N) is 2. The molecule has 3 aromatic carbocycles. The van der Waals surface area contributed by atoms with Crippen LogP contribution >= 0.6 is 23.4 Å². The zero-order chi connectivity index (χ0) is 24.1. The Kier molecular flexibility index (Phi) is 7.35. The first-order valence-corrected chi connectivity index (χ1v) is 11.6. The third-order valence-electron chi connectivity index (χ3n) is 5.06. The molecule has 0 bridgehead atoms. The molecule has 172 valence electrons. The number of amidine groups is 1. The Hall–Kier alpha value is -3.55. The Labute approximate surface area is 206 Å². The Bertz CT molecular complexity index is 1290. The lowest BCUT2D eigenvalue weighted by Crippen LogP contribution is -2.23. The zero-order valence-corrected chi connectivity index (χ0v) is 20.1. The topological polar surface area (TPSA) is 68.2 Å². The number of benzene rings is 3. The molecule has 1 fully saturated rings. The van der Waals surface area contributed by atoms with E-state index in [0.29, 0.717) is 38.7 Å². The van der Waals surface area contributed by atoms with Crippen molar-refractivity contribution in [3.63, 3.8) is 0 Å². The Balaban J connectivity index is 1.54. The van der Waals surface area contributed by atoms with E-state index < -0.39 is 5.97 Å². The first-order valence-electron chi connectivity index (χ1n) is 10.4. The summed E-state index contributed by atoms with van der Waals surface area (Å²) in [5.74, 6) is 0.0768. The van der Waals surface area contributed by atoms with Crippen LogP contribution < -0.4 is 4.74 Å². The number of esters is 1. The smallest absolute Gasteiger partial charge is 0.337 e. The quantitative estimate of drug-likeness (QED) is 0.314. The fraction of sp³-hybridized carbons (Fsp3) is 0.115. The van der Waals surface area contributed by atoms with Crippen molar-refractivity contribution in [3.8, 4) is 5.75 Å². The van der Waals surface area contributed by atoms with Crippen LogP contribution in [0.25, 0.3) is 6.08 Å². The normalized spacial score (nSPS) is 15.7. The van der Waals surface area contributed by atoms with Gasteiger partial charge in [0, 0.05) is 23.2 Å². The second-order valence-corrected chi connectivity index (χ2v) is 8.74. The van der Waals surface area contributed by atoms with Crippen LogP contribution in [-0.2, 0) is 16.1 Å². The van der Waals surface area contributed by atoms with Gasteiger partial charge in [-0.1, -0.05) is 48.0 Å². The van der Waals surface area contributed by atoms with Crippen molar-refractivity contribution in [2.45, 2.75) is 6.61 Å². The molecule has 1 amide bonds. The number of rotatable bonds is 6. The number of hydrogen-bond acceptors (Lipinski definition) is 6. The highest BCUT2D eigenvalue weighted by molar-refractivity contribution is 8.18. The minimum absolute atomic E-state index is 0.157. The highest BCUT2D eigenvalue weighted by Crippen LogP contribution is 2.35. The number of likely N-dealkylation sites (N-methyl/N-ethyl adjacent to an activating group) is 1. The lowest BCUT2D eigenvalue weighted by atomic mass is 10.1. The predicted molar refractivity (Wildman–Crippen MR) is 135 cm³/mol. The van der Waals surface area contributed by atoms with E-state index in [-0.39, 0.29) is 5.91 Å². The molecule has 0 spiro atoms. The molecule has 1 aliphatic rings. The van der Waals surface area contributed by atoms with Gasteiger partial charge in [-0.25, -0.2) is 9.79 Å². The zero-order valence-electron chi connectivity index (χ0n) is 18.5. The standard InChI is InChI=1S/C26H21ClN2O4S/c1-29-24(30)23(34-26(29)28-20-13-11-17(12-14-20)25(31)32-2)15-18-7-4-6-10-22(18)33-16-19-8-3-5-9-21(19)27/h3-15H,16H2,1-2H3/b23-15-,28-26?. The number of carbonyl (C=O) groups is 2. The van der Waals surface area contributed by atoms with Crippen LogP contribution in [0.2, 0.25) is 5.02 Å². The molecule has 0 aromatic heterocycles. The lowest BCUT2D eigenvalue weighted by molar-refractivity contribution is -0.121. The van der Waals surface area contributed by atoms with Crippen LogP contribution in [0.1, 0.15) is 21.5 Å². The highest BCUT2D eigenvalue weighted by Gasteiger charge is 2.30. The fourth-order valence-electron chi connectivity index (χ4n) is 3.20. The minimum Gasteiger partial charge on any atom is -0.488 e. The number of para-hydroxylation sites is 1. The highest BCUT2D eigenvalue weighted by atomic mass is 35.5. The average Bonchev–Trinajstić information content (AvgIpc) is 3.12. The van der Waals surface area contributed by atoms with E-state index in [1.807, 2.05) is 48.5 Å². The molecule has 34 heavy (non-hydrogen) atoms. The third kappa shape index (κ3) is 5.32. The summed E-state index contributed by atoms with van der Waals surface area (Å²) in [7, 11) is 3.01. The van der Waals surface area contributed by atoms with Crippen molar-refractivity contribution in [2.75, 3.05) is 14.2 Å². The summed E-state index contributed by atoms with van der Waals surface area (Å²) in [5.41, 5.74) is 2.72. The molecule has 3 aromatic rings. The summed E-state index contributed by atoms with van der Waals surface area (Å²) < 4.78 is 10.7. The number of halogens is 1. The van der Waals surface area contributed by atoms with Crippen LogP contribution in [-0.4, -0.2) is 36.1 Å². The minimum atomic E-state index is -0.414. The molecule has 1 saturated heterocycles. The number of thioether (sulfide) groups is 1.